The minimum Gasteiger partial charge on any atom is -0.388 e. The molecule has 3 nitrogen and oxygen atoms in total. The molecule has 0 bridgehead atoms. The van der Waals surface area contributed by atoms with Crippen molar-refractivity contribution in [1.29, 1.82) is 0 Å². The molecule has 1 heterocycles. The smallest absolute Gasteiger partial charge is 0.122 e. The highest BCUT2D eigenvalue weighted by Crippen LogP contribution is 2.24. The zero-order chi connectivity index (χ0) is 13.7. The highest BCUT2D eigenvalue weighted by molar-refractivity contribution is 7.80. The van der Waals surface area contributed by atoms with E-state index in [1.54, 1.807) is 6.20 Å². The second kappa shape index (κ2) is 6.96. The third-order valence-corrected chi connectivity index (χ3v) is 4.03. The lowest BCUT2D eigenvalue weighted by Crippen LogP contribution is -2.26. The molecule has 0 unspecified atom stereocenters. The zero-order valence-corrected chi connectivity index (χ0v) is 12.5. The summed E-state index contributed by atoms with van der Waals surface area (Å²) >= 11 is 4.97. The van der Waals surface area contributed by atoms with E-state index in [1.807, 2.05) is 12.1 Å². The fourth-order valence-corrected chi connectivity index (χ4v) is 3.01. The molecule has 0 radical (unpaired) electrons. The summed E-state index contributed by atoms with van der Waals surface area (Å²) in [7, 11) is 2.19. The first kappa shape index (κ1) is 14.4. The van der Waals surface area contributed by atoms with E-state index < -0.39 is 0 Å². The SMILES string of the molecule is CN(Cc1ccnc(C(N)=S)c1)CC1CCCCC1. The van der Waals surface area contributed by atoms with Gasteiger partial charge in [0.05, 0.1) is 5.69 Å². The van der Waals surface area contributed by atoms with Crippen LogP contribution in [0.5, 0.6) is 0 Å². The van der Waals surface area contributed by atoms with Gasteiger partial charge in [0.15, 0.2) is 0 Å². The Bertz CT molecular complexity index is 427. The second-order valence-electron chi connectivity index (χ2n) is 5.61. The topological polar surface area (TPSA) is 42.2 Å². The zero-order valence-electron chi connectivity index (χ0n) is 11.6. The molecule has 0 amide bonds. The van der Waals surface area contributed by atoms with Crippen molar-refractivity contribution in [2.45, 2.75) is 38.6 Å². The first-order chi connectivity index (χ1) is 9.15. The van der Waals surface area contributed by atoms with Crippen molar-refractivity contribution in [3.05, 3.63) is 29.6 Å². The normalized spacial score (nSPS) is 16.7. The van der Waals surface area contributed by atoms with Crippen LogP contribution in [0.25, 0.3) is 0 Å². The van der Waals surface area contributed by atoms with Crippen LogP contribution in [0, 0.1) is 5.92 Å². The maximum Gasteiger partial charge on any atom is 0.122 e. The second-order valence-corrected chi connectivity index (χ2v) is 6.05. The summed E-state index contributed by atoms with van der Waals surface area (Å²) in [4.78, 5) is 6.95. The summed E-state index contributed by atoms with van der Waals surface area (Å²) in [6.07, 6.45) is 8.79. The van der Waals surface area contributed by atoms with Gasteiger partial charge in [-0.1, -0.05) is 31.5 Å². The Hall–Kier alpha value is -1.00. The monoisotopic (exact) mass is 277 g/mol. The lowest BCUT2D eigenvalue weighted by Gasteiger charge is -2.27. The predicted molar refractivity (Wildman–Crippen MR) is 83.0 cm³/mol. The molecule has 1 aromatic heterocycles. The van der Waals surface area contributed by atoms with Gasteiger partial charge in [-0.15, -0.1) is 0 Å². The van der Waals surface area contributed by atoms with Crippen LogP contribution < -0.4 is 5.73 Å². The van der Waals surface area contributed by atoms with Gasteiger partial charge < -0.3 is 10.6 Å². The number of thiocarbonyl (C=S) groups is 1. The van der Waals surface area contributed by atoms with Crippen LogP contribution in [0.4, 0.5) is 0 Å². The molecule has 19 heavy (non-hydrogen) atoms. The fraction of sp³-hybridized carbons (Fsp3) is 0.600. The van der Waals surface area contributed by atoms with Crippen molar-refractivity contribution >= 4 is 17.2 Å². The number of rotatable bonds is 5. The van der Waals surface area contributed by atoms with Gasteiger partial charge in [-0.3, -0.25) is 4.98 Å². The van der Waals surface area contributed by atoms with Crippen LogP contribution >= 0.6 is 12.2 Å². The Morgan fingerprint density at radius 3 is 2.84 bits per heavy atom. The molecule has 1 aliphatic rings. The third-order valence-electron chi connectivity index (χ3n) is 3.82. The van der Waals surface area contributed by atoms with Gasteiger partial charge in [0.2, 0.25) is 0 Å². The van der Waals surface area contributed by atoms with E-state index in [1.165, 1.54) is 44.2 Å². The molecular formula is C15H23N3S. The average Bonchev–Trinajstić information content (AvgIpc) is 2.40. The van der Waals surface area contributed by atoms with Crippen molar-refractivity contribution in [1.82, 2.24) is 9.88 Å². The Morgan fingerprint density at radius 1 is 1.42 bits per heavy atom. The van der Waals surface area contributed by atoms with Gasteiger partial charge in [-0.25, -0.2) is 0 Å². The average molecular weight is 277 g/mol. The summed E-state index contributed by atoms with van der Waals surface area (Å²) in [6.45, 7) is 2.12. The van der Waals surface area contributed by atoms with Crippen LogP contribution in [0.15, 0.2) is 18.3 Å². The van der Waals surface area contributed by atoms with E-state index in [-0.39, 0.29) is 0 Å². The van der Waals surface area contributed by atoms with E-state index >= 15 is 0 Å². The summed E-state index contributed by atoms with van der Waals surface area (Å²) in [5.41, 5.74) is 7.57. The summed E-state index contributed by atoms with van der Waals surface area (Å²) in [6, 6.07) is 4.04. The standard InChI is InChI=1S/C15H23N3S/c1-18(10-12-5-3-2-4-6-12)11-13-7-8-17-14(9-13)15(16)19/h7-9,12H,2-6,10-11H2,1H3,(H2,16,19). The molecule has 2 N–H and O–H groups in total. The van der Waals surface area contributed by atoms with E-state index in [2.05, 4.69) is 16.9 Å². The largest absolute Gasteiger partial charge is 0.388 e. The maximum absolute atomic E-state index is 5.62. The number of hydrogen-bond donors (Lipinski definition) is 1. The van der Waals surface area contributed by atoms with Crippen molar-refractivity contribution in [2.24, 2.45) is 11.7 Å². The quantitative estimate of drug-likeness (QED) is 0.840. The summed E-state index contributed by atoms with van der Waals surface area (Å²) in [5.74, 6) is 0.871. The van der Waals surface area contributed by atoms with Crippen molar-refractivity contribution in [2.75, 3.05) is 13.6 Å². The lowest BCUT2D eigenvalue weighted by atomic mass is 9.89. The molecule has 0 saturated heterocycles. The molecule has 0 aliphatic heterocycles. The van der Waals surface area contributed by atoms with Crippen molar-refractivity contribution < 1.29 is 0 Å². The molecule has 0 spiro atoms. The minimum atomic E-state index is 0.372. The van der Waals surface area contributed by atoms with Gasteiger partial charge in [-0.2, -0.15) is 0 Å². The molecular weight excluding hydrogens is 254 g/mol. The molecule has 2 rings (SSSR count). The number of nitrogens with two attached hydrogens (primary N) is 1. The number of aromatic nitrogens is 1. The Labute approximate surface area is 121 Å². The molecule has 1 aromatic rings. The van der Waals surface area contributed by atoms with Gasteiger partial charge in [-0.05, 0) is 43.5 Å². The Kier molecular flexibility index (Phi) is 5.28. The van der Waals surface area contributed by atoms with E-state index in [0.717, 1.165) is 18.2 Å². The van der Waals surface area contributed by atoms with Crippen molar-refractivity contribution in [3.63, 3.8) is 0 Å². The first-order valence-corrected chi connectivity index (χ1v) is 7.49. The lowest BCUT2D eigenvalue weighted by molar-refractivity contribution is 0.228. The van der Waals surface area contributed by atoms with Gasteiger partial charge in [0.1, 0.15) is 4.99 Å². The number of hydrogen-bond acceptors (Lipinski definition) is 3. The minimum absolute atomic E-state index is 0.372. The van der Waals surface area contributed by atoms with E-state index in [9.17, 15) is 0 Å². The maximum atomic E-state index is 5.62. The molecule has 104 valence electrons. The number of pyridine rings is 1. The molecule has 4 heteroatoms. The van der Waals surface area contributed by atoms with Crippen LogP contribution in [-0.2, 0) is 6.54 Å². The van der Waals surface area contributed by atoms with E-state index in [4.69, 9.17) is 18.0 Å². The summed E-state index contributed by atoms with van der Waals surface area (Å²) in [5, 5.41) is 0. The van der Waals surface area contributed by atoms with Gasteiger partial charge in [0, 0.05) is 19.3 Å². The third kappa shape index (κ3) is 4.55. The number of nitrogens with zero attached hydrogens (tertiary/aromatic N) is 2. The van der Waals surface area contributed by atoms with Crippen LogP contribution in [0.2, 0.25) is 0 Å². The molecule has 1 fully saturated rings. The van der Waals surface area contributed by atoms with Gasteiger partial charge >= 0.3 is 0 Å². The van der Waals surface area contributed by atoms with E-state index in [0.29, 0.717) is 4.99 Å². The molecule has 1 aliphatic carbocycles. The Balaban J connectivity index is 1.88. The summed E-state index contributed by atoms with van der Waals surface area (Å²) < 4.78 is 0. The first-order valence-electron chi connectivity index (χ1n) is 7.08. The van der Waals surface area contributed by atoms with Crippen LogP contribution in [-0.4, -0.2) is 28.5 Å². The van der Waals surface area contributed by atoms with Crippen LogP contribution in [0.3, 0.4) is 0 Å². The fourth-order valence-electron chi connectivity index (χ4n) is 2.89. The highest BCUT2D eigenvalue weighted by Gasteiger charge is 2.15. The molecule has 1 saturated carbocycles. The predicted octanol–water partition coefficient (Wildman–Crippen LogP) is 2.73. The van der Waals surface area contributed by atoms with Gasteiger partial charge in [0.25, 0.3) is 0 Å². The van der Waals surface area contributed by atoms with Crippen molar-refractivity contribution in [3.8, 4) is 0 Å². The van der Waals surface area contributed by atoms with Crippen LogP contribution in [0.1, 0.15) is 43.4 Å². The highest BCUT2D eigenvalue weighted by atomic mass is 32.1. The molecule has 0 atom stereocenters. The molecule has 0 aromatic carbocycles. The Morgan fingerprint density at radius 2 is 2.16 bits per heavy atom.